The Morgan fingerprint density at radius 1 is 1.50 bits per heavy atom. The molecule has 0 aromatic rings. The van der Waals surface area contributed by atoms with E-state index in [1.165, 1.54) is 6.92 Å². The number of ether oxygens (including phenoxy) is 1. The van der Waals surface area contributed by atoms with Crippen LogP contribution in [0.15, 0.2) is 0 Å². The van der Waals surface area contributed by atoms with E-state index >= 15 is 0 Å². The smallest absolute Gasteiger partial charge is 0.190 e. The van der Waals surface area contributed by atoms with E-state index in [1.807, 2.05) is 0 Å². The molecule has 2 atom stereocenters. The van der Waals surface area contributed by atoms with E-state index in [4.69, 9.17) is 4.74 Å². The maximum Gasteiger partial charge on any atom is 0.190 e. The Labute approximate surface area is 49.7 Å². The molecular weight excluding hydrogens is 106 g/mol. The van der Waals surface area contributed by atoms with Crippen molar-refractivity contribution in [2.75, 3.05) is 7.05 Å². The molecule has 3 heteroatoms. The van der Waals surface area contributed by atoms with Gasteiger partial charge < -0.3 is 4.74 Å². The maximum atomic E-state index is 10.2. The molecule has 0 heterocycles. The number of hydrogen-bond acceptors (Lipinski definition) is 2. The summed E-state index contributed by atoms with van der Waals surface area (Å²) < 4.78 is 4.73. The second-order valence-electron chi connectivity index (χ2n) is 1.63. The van der Waals surface area contributed by atoms with E-state index in [-0.39, 0.29) is 6.23 Å². The summed E-state index contributed by atoms with van der Waals surface area (Å²) >= 11 is 0. The molecule has 1 N–H and O–H groups in total. The lowest BCUT2D eigenvalue weighted by molar-refractivity contribution is -0.159. The van der Waals surface area contributed by atoms with Crippen molar-refractivity contribution in [2.24, 2.45) is 0 Å². The first-order chi connectivity index (χ1) is 3.66. The van der Waals surface area contributed by atoms with Crippen molar-refractivity contribution >= 4 is 0 Å². The van der Waals surface area contributed by atoms with Crippen LogP contribution < -0.4 is 5.32 Å². The van der Waals surface area contributed by atoms with Gasteiger partial charge in [-0.2, -0.15) is 0 Å². The monoisotopic (exact) mass is 118 g/mol. The van der Waals surface area contributed by atoms with Crippen LogP contribution in [0, 0.1) is 0 Å². The van der Waals surface area contributed by atoms with Crippen molar-refractivity contribution in [3.8, 4) is 0 Å². The largest absolute Gasteiger partial charge is 0.332 e. The quantitative estimate of drug-likeness (QED) is 0.543. The first-order valence-corrected chi connectivity index (χ1v) is 2.65. The minimum atomic E-state index is -0.933. The fourth-order valence-electron chi connectivity index (χ4n) is 0.355. The van der Waals surface area contributed by atoms with Gasteiger partial charge in [-0.25, -0.2) is 5.11 Å². The molecule has 2 unspecified atom stereocenters. The Balaban J connectivity index is 3.10. The molecule has 0 aliphatic heterocycles. The summed E-state index contributed by atoms with van der Waals surface area (Å²) in [6, 6.07) is 0. The third-order valence-electron chi connectivity index (χ3n) is 0.802. The molecular formula is C5H12NO2. The van der Waals surface area contributed by atoms with E-state index in [9.17, 15) is 5.11 Å². The first kappa shape index (κ1) is 7.88. The summed E-state index contributed by atoms with van der Waals surface area (Å²) in [5, 5.41) is 13.0. The van der Waals surface area contributed by atoms with E-state index in [2.05, 4.69) is 5.32 Å². The molecule has 0 spiro atoms. The average Bonchev–Trinajstić information content (AvgIpc) is 1.65. The Bertz CT molecular complexity index is 56.4. The molecule has 0 bridgehead atoms. The van der Waals surface area contributed by atoms with Gasteiger partial charge in [0, 0.05) is 0 Å². The van der Waals surface area contributed by atoms with Gasteiger partial charge >= 0.3 is 0 Å². The van der Waals surface area contributed by atoms with Gasteiger partial charge in [-0.05, 0) is 20.9 Å². The fraction of sp³-hybridized carbons (Fsp3) is 1.00. The van der Waals surface area contributed by atoms with Crippen LogP contribution in [0.1, 0.15) is 13.8 Å². The van der Waals surface area contributed by atoms with Crippen LogP contribution in [0.2, 0.25) is 0 Å². The second kappa shape index (κ2) is 3.83. The molecule has 0 aliphatic rings. The molecule has 0 saturated heterocycles. The standard InChI is InChI=1S/C5H12NO2/c1-4(6-3)8-5(2)7/h4-6H,1-3H3. The van der Waals surface area contributed by atoms with Gasteiger partial charge in [0.25, 0.3) is 0 Å². The highest BCUT2D eigenvalue weighted by atomic mass is 16.6. The van der Waals surface area contributed by atoms with Crippen LogP contribution in [-0.2, 0) is 9.84 Å². The van der Waals surface area contributed by atoms with Crippen LogP contribution in [0.5, 0.6) is 0 Å². The third kappa shape index (κ3) is 4.05. The molecule has 0 fully saturated rings. The molecule has 0 aromatic heterocycles. The van der Waals surface area contributed by atoms with Gasteiger partial charge in [-0.1, -0.05) is 0 Å². The number of hydrogen-bond donors (Lipinski definition) is 1. The first-order valence-electron chi connectivity index (χ1n) is 2.65. The zero-order valence-electron chi connectivity index (χ0n) is 5.47. The summed E-state index contributed by atoms with van der Waals surface area (Å²) in [5.41, 5.74) is 0. The molecule has 8 heavy (non-hydrogen) atoms. The van der Waals surface area contributed by atoms with Crippen molar-refractivity contribution in [3.63, 3.8) is 0 Å². The van der Waals surface area contributed by atoms with E-state index < -0.39 is 6.29 Å². The summed E-state index contributed by atoms with van der Waals surface area (Å²) in [5.74, 6) is 0. The normalized spacial score (nSPS) is 18.0. The van der Waals surface area contributed by atoms with Gasteiger partial charge in [0.05, 0.1) is 0 Å². The summed E-state index contributed by atoms with van der Waals surface area (Å²) in [4.78, 5) is 0. The van der Waals surface area contributed by atoms with Crippen LogP contribution in [0.4, 0.5) is 0 Å². The van der Waals surface area contributed by atoms with Crippen molar-refractivity contribution in [3.05, 3.63) is 0 Å². The topological polar surface area (TPSA) is 41.2 Å². The van der Waals surface area contributed by atoms with E-state index in [1.54, 1.807) is 14.0 Å². The highest BCUT2D eigenvalue weighted by Crippen LogP contribution is 1.89. The van der Waals surface area contributed by atoms with Crippen LogP contribution in [0.3, 0.4) is 0 Å². The van der Waals surface area contributed by atoms with Gasteiger partial charge in [0.2, 0.25) is 0 Å². The molecule has 0 amide bonds. The fourth-order valence-corrected chi connectivity index (χ4v) is 0.355. The molecule has 0 rings (SSSR count). The van der Waals surface area contributed by atoms with Gasteiger partial charge in [0.1, 0.15) is 6.23 Å². The van der Waals surface area contributed by atoms with Gasteiger partial charge in [-0.15, -0.1) is 0 Å². The lowest BCUT2D eigenvalue weighted by atomic mass is 10.6. The summed E-state index contributed by atoms with van der Waals surface area (Å²) in [7, 11) is 1.74. The second-order valence-corrected chi connectivity index (χ2v) is 1.63. The minimum Gasteiger partial charge on any atom is -0.332 e. The molecule has 0 aromatic carbocycles. The molecule has 49 valence electrons. The van der Waals surface area contributed by atoms with Gasteiger partial charge in [0.15, 0.2) is 6.29 Å². The lowest BCUT2D eigenvalue weighted by Crippen LogP contribution is -2.27. The van der Waals surface area contributed by atoms with Gasteiger partial charge in [-0.3, -0.25) is 5.32 Å². The Hall–Kier alpha value is -0.120. The predicted octanol–water partition coefficient (Wildman–Crippen LogP) is 0.345. The van der Waals surface area contributed by atoms with E-state index in [0.29, 0.717) is 0 Å². The maximum absolute atomic E-state index is 10.2. The highest BCUT2D eigenvalue weighted by Gasteiger charge is 2.01. The lowest BCUT2D eigenvalue weighted by Gasteiger charge is -2.11. The molecule has 1 radical (unpaired) electrons. The molecule has 3 nitrogen and oxygen atoms in total. The Morgan fingerprint density at radius 2 is 2.00 bits per heavy atom. The molecule has 0 aliphatic carbocycles. The van der Waals surface area contributed by atoms with Crippen molar-refractivity contribution in [1.29, 1.82) is 0 Å². The zero-order chi connectivity index (χ0) is 6.57. The van der Waals surface area contributed by atoms with Crippen molar-refractivity contribution < 1.29 is 9.84 Å². The van der Waals surface area contributed by atoms with Crippen LogP contribution in [-0.4, -0.2) is 19.6 Å². The van der Waals surface area contributed by atoms with E-state index in [0.717, 1.165) is 0 Å². The summed E-state index contributed by atoms with van der Waals surface area (Å²) in [6.45, 7) is 3.25. The average molecular weight is 118 g/mol. The number of rotatable bonds is 3. The van der Waals surface area contributed by atoms with Crippen molar-refractivity contribution in [1.82, 2.24) is 5.32 Å². The molecule has 0 saturated carbocycles. The Kier molecular flexibility index (Phi) is 3.77. The third-order valence-corrected chi connectivity index (χ3v) is 0.802. The SMILES string of the molecule is CNC(C)OC(C)[O]. The van der Waals surface area contributed by atoms with Crippen LogP contribution in [0.25, 0.3) is 0 Å². The van der Waals surface area contributed by atoms with Crippen molar-refractivity contribution in [2.45, 2.75) is 26.4 Å². The zero-order valence-corrected chi connectivity index (χ0v) is 5.47. The highest BCUT2D eigenvalue weighted by molar-refractivity contribution is 4.38. The number of nitrogens with one attached hydrogen (secondary N) is 1. The minimum absolute atomic E-state index is 0.137. The Morgan fingerprint density at radius 3 is 2.12 bits per heavy atom. The summed E-state index contributed by atoms with van der Waals surface area (Å²) in [6.07, 6.45) is -1.07. The predicted molar refractivity (Wildman–Crippen MR) is 29.8 cm³/mol. The van der Waals surface area contributed by atoms with Crippen LogP contribution >= 0.6 is 0 Å².